The van der Waals surface area contributed by atoms with Crippen LogP contribution < -0.4 is 0 Å². The highest BCUT2D eigenvalue weighted by Gasteiger charge is 2.31. The third-order valence-corrected chi connectivity index (χ3v) is 5.41. The van der Waals surface area contributed by atoms with E-state index in [1.807, 2.05) is 50.2 Å². The molecule has 0 saturated carbocycles. The molecule has 0 N–H and O–H groups in total. The summed E-state index contributed by atoms with van der Waals surface area (Å²) in [5.74, 6) is 0.0956. The topological polar surface area (TPSA) is 57.7 Å². The molecule has 0 radical (unpaired) electrons. The average Bonchev–Trinajstić information content (AvgIpc) is 2.40. The highest BCUT2D eigenvalue weighted by Crippen LogP contribution is 2.22. The molecule has 1 amide bonds. The quantitative estimate of drug-likeness (QED) is 0.831. The second-order valence-corrected chi connectivity index (χ2v) is 8.06. The van der Waals surface area contributed by atoms with Crippen molar-refractivity contribution in [3.05, 3.63) is 35.4 Å². The zero-order valence-electron chi connectivity index (χ0n) is 12.7. The van der Waals surface area contributed by atoms with Gasteiger partial charge in [-0.15, -0.1) is 0 Å². The summed E-state index contributed by atoms with van der Waals surface area (Å²) in [6.07, 6.45) is 0. The Morgan fingerprint density at radius 2 is 1.67 bits per heavy atom. The molecule has 1 saturated heterocycles. The molecule has 1 atom stereocenters. The van der Waals surface area contributed by atoms with Crippen LogP contribution in [0.2, 0.25) is 0 Å². The van der Waals surface area contributed by atoms with Crippen LogP contribution in [0.4, 0.5) is 0 Å². The Bertz CT molecular complexity index is 594. The maximum Gasteiger partial charge on any atom is 0.244 e. The molecular weight excluding hydrogens is 288 g/mol. The van der Waals surface area contributed by atoms with Crippen molar-refractivity contribution < 1.29 is 13.2 Å². The zero-order valence-corrected chi connectivity index (χ0v) is 13.6. The first-order chi connectivity index (χ1) is 9.80. The number of carbonyl (C=O) groups excluding carboxylic acids is 1. The molecule has 1 aliphatic rings. The summed E-state index contributed by atoms with van der Waals surface area (Å²) in [5.41, 5.74) is 2.08. The molecule has 0 aliphatic carbocycles. The predicted octanol–water partition coefficient (Wildman–Crippen LogP) is 0.855. The van der Waals surface area contributed by atoms with E-state index in [0.717, 1.165) is 11.1 Å². The molecule has 1 aromatic carbocycles. The number of aryl methyl sites for hydroxylation is 1. The highest BCUT2D eigenvalue weighted by atomic mass is 32.2. The molecule has 116 valence electrons. The van der Waals surface area contributed by atoms with Crippen molar-refractivity contribution in [3.63, 3.8) is 0 Å². The third-order valence-electron chi connectivity index (χ3n) is 3.80. The van der Waals surface area contributed by atoms with Gasteiger partial charge in [0.15, 0.2) is 9.84 Å². The van der Waals surface area contributed by atoms with E-state index in [-0.39, 0.29) is 36.5 Å². The fourth-order valence-electron chi connectivity index (χ4n) is 2.52. The van der Waals surface area contributed by atoms with E-state index in [9.17, 15) is 13.2 Å². The second kappa shape index (κ2) is 6.15. The molecule has 1 aliphatic heterocycles. The number of carbonyl (C=O) groups is 1. The first-order valence-electron chi connectivity index (χ1n) is 7.02. The van der Waals surface area contributed by atoms with Gasteiger partial charge in [0.1, 0.15) is 6.04 Å². The van der Waals surface area contributed by atoms with Crippen LogP contribution in [0.1, 0.15) is 17.2 Å². The minimum Gasteiger partial charge on any atom is -0.339 e. The maximum atomic E-state index is 12.7. The van der Waals surface area contributed by atoms with Gasteiger partial charge in [-0.2, -0.15) is 0 Å². The molecule has 5 nitrogen and oxygen atoms in total. The van der Waals surface area contributed by atoms with Gasteiger partial charge in [-0.1, -0.05) is 29.8 Å². The van der Waals surface area contributed by atoms with Gasteiger partial charge in [-0.3, -0.25) is 9.69 Å². The van der Waals surface area contributed by atoms with Crippen molar-refractivity contribution in [2.75, 3.05) is 38.7 Å². The van der Waals surface area contributed by atoms with Gasteiger partial charge in [0, 0.05) is 13.1 Å². The lowest BCUT2D eigenvalue weighted by Crippen LogP contribution is -2.48. The number of sulfone groups is 1. The first kappa shape index (κ1) is 16.0. The summed E-state index contributed by atoms with van der Waals surface area (Å²) in [5, 5.41) is 0. The van der Waals surface area contributed by atoms with E-state index < -0.39 is 9.84 Å². The summed E-state index contributed by atoms with van der Waals surface area (Å²) in [4.78, 5) is 16.3. The number of likely N-dealkylation sites (N-methyl/N-ethyl adjacent to an activating group) is 1. The van der Waals surface area contributed by atoms with Crippen molar-refractivity contribution >= 4 is 15.7 Å². The Morgan fingerprint density at radius 1 is 1.14 bits per heavy atom. The maximum absolute atomic E-state index is 12.7. The summed E-state index contributed by atoms with van der Waals surface area (Å²) in [6, 6.07) is 7.52. The molecular formula is C15H22N2O3S. The zero-order chi connectivity index (χ0) is 15.6. The Kier molecular flexibility index (Phi) is 4.68. The van der Waals surface area contributed by atoms with Crippen LogP contribution in [0.15, 0.2) is 24.3 Å². The number of rotatable bonds is 3. The van der Waals surface area contributed by atoms with Crippen LogP contribution >= 0.6 is 0 Å². The monoisotopic (exact) mass is 310 g/mol. The first-order valence-corrected chi connectivity index (χ1v) is 8.84. The molecule has 6 heteroatoms. The third kappa shape index (κ3) is 3.83. The normalized spacial score (nSPS) is 19.5. The fraction of sp³-hybridized carbons (Fsp3) is 0.533. The van der Waals surface area contributed by atoms with Gasteiger partial charge >= 0.3 is 0 Å². The standard InChI is InChI=1S/C15H22N2O3S/c1-12-4-6-13(7-5-12)14(16(2)3)15(18)17-8-10-21(19,20)11-9-17/h4-7,14H,8-11H2,1-3H3/t14-/m0/s1. The number of benzene rings is 1. The van der Waals surface area contributed by atoms with Crippen LogP contribution in [0.3, 0.4) is 0 Å². The molecule has 0 aromatic heterocycles. The summed E-state index contributed by atoms with van der Waals surface area (Å²) in [6.45, 7) is 2.58. The minimum atomic E-state index is -2.97. The largest absolute Gasteiger partial charge is 0.339 e. The summed E-state index contributed by atoms with van der Waals surface area (Å²) < 4.78 is 23.0. The number of amides is 1. The predicted molar refractivity (Wildman–Crippen MR) is 82.8 cm³/mol. The smallest absolute Gasteiger partial charge is 0.244 e. The van der Waals surface area contributed by atoms with Crippen molar-refractivity contribution in [1.29, 1.82) is 0 Å². The molecule has 0 spiro atoms. The molecule has 2 rings (SSSR count). The van der Waals surface area contributed by atoms with Crippen molar-refractivity contribution in [2.24, 2.45) is 0 Å². The summed E-state index contributed by atoms with van der Waals surface area (Å²) in [7, 11) is 0.756. The molecule has 0 unspecified atom stereocenters. The van der Waals surface area contributed by atoms with Crippen LogP contribution in [-0.4, -0.2) is 62.8 Å². The fourth-order valence-corrected chi connectivity index (χ4v) is 3.72. The van der Waals surface area contributed by atoms with Crippen LogP contribution in [0, 0.1) is 6.92 Å². The highest BCUT2D eigenvalue weighted by molar-refractivity contribution is 7.91. The van der Waals surface area contributed by atoms with E-state index in [1.54, 1.807) is 4.90 Å². The van der Waals surface area contributed by atoms with Crippen LogP contribution in [0.5, 0.6) is 0 Å². The number of hydrogen-bond donors (Lipinski definition) is 0. The number of hydrogen-bond acceptors (Lipinski definition) is 4. The Labute approximate surface area is 126 Å². The van der Waals surface area contributed by atoms with E-state index in [0.29, 0.717) is 0 Å². The second-order valence-electron chi connectivity index (χ2n) is 5.75. The van der Waals surface area contributed by atoms with Crippen LogP contribution in [0.25, 0.3) is 0 Å². The van der Waals surface area contributed by atoms with Crippen molar-refractivity contribution in [3.8, 4) is 0 Å². The lowest BCUT2D eigenvalue weighted by Gasteiger charge is -2.33. The van der Waals surface area contributed by atoms with Crippen LogP contribution in [-0.2, 0) is 14.6 Å². The van der Waals surface area contributed by atoms with E-state index in [1.165, 1.54) is 0 Å². The Morgan fingerprint density at radius 3 is 2.14 bits per heavy atom. The van der Waals surface area contributed by atoms with Gasteiger partial charge in [-0.25, -0.2) is 8.42 Å². The minimum absolute atomic E-state index is 0.0289. The molecule has 0 bridgehead atoms. The van der Waals surface area contributed by atoms with Crippen molar-refractivity contribution in [2.45, 2.75) is 13.0 Å². The van der Waals surface area contributed by atoms with E-state index in [2.05, 4.69) is 0 Å². The lowest BCUT2D eigenvalue weighted by atomic mass is 10.0. The van der Waals surface area contributed by atoms with E-state index >= 15 is 0 Å². The van der Waals surface area contributed by atoms with Crippen molar-refractivity contribution in [1.82, 2.24) is 9.80 Å². The lowest BCUT2D eigenvalue weighted by molar-refractivity contribution is -0.136. The molecule has 1 aromatic rings. The van der Waals surface area contributed by atoms with Gasteiger partial charge in [0.2, 0.25) is 5.91 Å². The number of nitrogens with zero attached hydrogens (tertiary/aromatic N) is 2. The van der Waals surface area contributed by atoms with Gasteiger partial charge in [0.05, 0.1) is 11.5 Å². The van der Waals surface area contributed by atoms with E-state index in [4.69, 9.17) is 0 Å². The average molecular weight is 310 g/mol. The van der Waals surface area contributed by atoms with Gasteiger partial charge < -0.3 is 4.90 Å². The summed E-state index contributed by atoms with van der Waals surface area (Å²) >= 11 is 0. The molecule has 1 heterocycles. The Balaban J connectivity index is 2.19. The molecule has 1 fully saturated rings. The Hall–Kier alpha value is -1.40. The molecule has 21 heavy (non-hydrogen) atoms. The SMILES string of the molecule is Cc1ccc([C@@H](C(=O)N2CCS(=O)(=O)CC2)N(C)C)cc1. The van der Waals surface area contributed by atoms with Gasteiger partial charge in [0.25, 0.3) is 0 Å². The van der Waals surface area contributed by atoms with Gasteiger partial charge in [-0.05, 0) is 26.6 Å².